The van der Waals surface area contributed by atoms with Gasteiger partial charge in [0.25, 0.3) is 5.56 Å². The van der Waals surface area contributed by atoms with Gasteiger partial charge in [0, 0.05) is 24.0 Å². The monoisotopic (exact) mass is 462 g/mol. The molecule has 0 aliphatic carbocycles. The molecule has 0 saturated heterocycles. The van der Waals surface area contributed by atoms with Gasteiger partial charge >= 0.3 is 0 Å². The quantitative estimate of drug-likeness (QED) is 0.285. The first-order valence-electron chi connectivity index (χ1n) is 10.3. The van der Waals surface area contributed by atoms with Gasteiger partial charge in [-0.25, -0.2) is 4.98 Å². The Morgan fingerprint density at radius 1 is 1.03 bits per heavy atom. The first-order chi connectivity index (χ1) is 15.7. The zero-order valence-electron chi connectivity index (χ0n) is 17.8. The Labute approximate surface area is 194 Å². The Bertz CT molecular complexity index is 1360. The second-order valence-corrected chi connectivity index (χ2v) is 9.42. The van der Waals surface area contributed by atoms with Gasteiger partial charge in [-0.05, 0) is 28.5 Å². The van der Waals surface area contributed by atoms with Gasteiger partial charge in [0.15, 0.2) is 16.7 Å². The van der Waals surface area contributed by atoms with Crippen molar-refractivity contribution >= 4 is 34.3 Å². The van der Waals surface area contributed by atoms with E-state index in [0.717, 1.165) is 28.5 Å². The van der Waals surface area contributed by atoms with Crippen LogP contribution in [0, 0.1) is 0 Å². The average molecular weight is 463 g/mol. The SMILES string of the molecule is COc1ccc(-n2c(SCc3cccc4ccccc34)nc3c(c2=O)SCC3)cc1OC. The lowest BCUT2D eigenvalue weighted by molar-refractivity contribution is 0.354. The van der Waals surface area contributed by atoms with Crippen molar-refractivity contribution in [1.82, 2.24) is 9.55 Å². The summed E-state index contributed by atoms with van der Waals surface area (Å²) in [5, 5.41) is 3.12. The van der Waals surface area contributed by atoms with Gasteiger partial charge in [-0.2, -0.15) is 0 Å². The van der Waals surface area contributed by atoms with Crippen LogP contribution in [-0.2, 0) is 12.2 Å². The van der Waals surface area contributed by atoms with E-state index in [1.807, 2.05) is 24.3 Å². The summed E-state index contributed by atoms with van der Waals surface area (Å²) in [6.45, 7) is 0. The van der Waals surface area contributed by atoms with Crippen LogP contribution in [0.25, 0.3) is 16.5 Å². The third-order valence-corrected chi connectivity index (χ3v) is 7.62. The van der Waals surface area contributed by atoms with Crippen molar-refractivity contribution in [1.29, 1.82) is 0 Å². The Morgan fingerprint density at radius 3 is 2.69 bits per heavy atom. The van der Waals surface area contributed by atoms with Gasteiger partial charge < -0.3 is 9.47 Å². The number of benzene rings is 3. The molecule has 0 saturated carbocycles. The Hall–Kier alpha value is -2.90. The Balaban J connectivity index is 1.59. The molecule has 0 amide bonds. The van der Waals surface area contributed by atoms with Gasteiger partial charge in [0.05, 0.1) is 30.5 Å². The summed E-state index contributed by atoms with van der Waals surface area (Å²) < 4.78 is 12.5. The van der Waals surface area contributed by atoms with Crippen molar-refractivity contribution in [3.63, 3.8) is 0 Å². The fourth-order valence-electron chi connectivity index (χ4n) is 3.94. The largest absolute Gasteiger partial charge is 0.493 e. The number of nitrogens with zero attached hydrogens (tertiary/aromatic N) is 2. The van der Waals surface area contributed by atoms with Crippen LogP contribution in [-0.4, -0.2) is 29.5 Å². The van der Waals surface area contributed by atoms with Crippen molar-refractivity contribution in [2.24, 2.45) is 0 Å². The molecule has 1 aromatic heterocycles. The van der Waals surface area contributed by atoms with E-state index >= 15 is 0 Å². The molecule has 7 heteroatoms. The highest BCUT2D eigenvalue weighted by atomic mass is 32.2. The Morgan fingerprint density at radius 2 is 1.84 bits per heavy atom. The number of methoxy groups -OCH3 is 2. The van der Waals surface area contributed by atoms with Crippen LogP contribution in [0.4, 0.5) is 0 Å². The number of thioether (sulfide) groups is 2. The molecule has 2 heterocycles. The van der Waals surface area contributed by atoms with Gasteiger partial charge in [-0.15, -0.1) is 11.8 Å². The third kappa shape index (κ3) is 3.76. The van der Waals surface area contributed by atoms with E-state index in [1.165, 1.54) is 16.3 Å². The molecule has 0 unspecified atom stereocenters. The maximum Gasteiger partial charge on any atom is 0.272 e. The van der Waals surface area contributed by atoms with E-state index < -0.39 is 0 Å². The van der Waals surface area contributed by atoms with E-state index in [-0.39, 0.29) is 5.56 Å². The molecular formula is C25H22N2O3S2. The summed E-state index contributed by atoms with van der Waals surface area (Å²) in [4.78, 5) is 19.1. The van der Waals surface area contributed by atoms with E-state index in [9.17, 15) is 4.79 Å². The molecule has 4 aromatic rings. The highest BCUT2D eigenvalue weighted by Gasteiger charge is 2.23. The van der Waals surface area contributed by atoms with Gasteiger partial charge in [0.1, 0.15) is 0 Å². The van der Waals surface area contributed by atoms with E-state index in [0.29, 0.717) is 22.4 Å². The summed E-state index contributed by atoms with van der Waals surface area (Å²) in [5.74, 6) is 2.81. The first-order valence-corrected chi connectivity index (χ1v) is 12.3. The standard InChI is InChI=1S/C25H22N2O3S2/c1-29-21-11-10-18(14-22(21)30-2)27-24(28)23-20(12-13-31-23)26-25(27)32-15-17-8-5-7-16-6-3-4-9-19(16)17/h3-11,14H,12-13,15H2,1-2H3. The summed E-state index contributed by atoms with van der Waals surface area (Å²) in [6.07, 6.45) is 0.823. The maximum absolute atomic E-state index is 13.5. The number of aryl methyl sites for hydroxylation is 1. The maximum atomic E-state index is 13.5. The lowest BCUT2D eigenvalue weighted by atomic mass is 10.1. The topological polar surface area (TPSA) is 53.4 Å². The van der Waals surface area contributed by atoms with Crippen molar-refractivity contribution in [2.75, 3.05) is 20.0 Å². The minimum atomic E-state index is -0.0230. The van der Waals surface area contributed by atoms with E-state index in [1.54, 1.807) is 42.3 Å². The van der Waals surface area contributed by atoms with Gasteiger partial charge in [0.2, 0.25) is 0 Å². The molecule has 1 aliphatic rings. The third-order valence-electron chi connectivity index (χ3n) is 5.53. The number of hydrogen-bond donors (Lipinski definition) is 0. The molecule has 0 fully saturated rings. The molecule has 0 N–H and O–H groups in total. The summed E-state index contributed by atoms with van der Waals surface area (Å²) in [6, 6.07) is 20.2. The van der Waals surface area contributed by atoms with Gasteiger partial charge in [-0.3, -0.25) is 9.36 Å². The average Bonchev–Trinajstić information content (AvgIpc) is 3.31. The van der Waals surface area contributed by atoms with Crippen LogP contribution in [0.3, 0.4) is 0 Å². The van der Waals surface area contributed by atoms with Crippen LogP contribution >= 0.6 is 23.5 Å². The summed E-state index contributed by atoms with van der Waals surface area (Å²) in [7, 11) is 3.19. The van der Waals surface area contributed by atoms with E-state index in [4.69, 9.17) is 14.5 Å². The van der Waals surface area contributed by atoms with Crippen molar-refractivity contribution in [3.05, 3.63) is 82.3 Å². The molecule has 32 heavy (non-hydrogen) atoms. The van der Waals surface area contributed by atoms with Crippen LogP contribution in [0.15, 0.2) is 75.5 Å². The molecule has 0 radical (unpaired) electrons. The normalized spacial score (nSPS) is 12.7. The van der Waals surface area contributed by atoms with Crippen LogP contribution in [0.2, 0.25) is 0 Å². The molecule has 162 valence electrons. The fourth-order valence-corrected chi connectivity index (χ4v) is 6.00. The van der Waals surface area contributed by atoms with E-state index in [2.05, 4.69) is 36.4 Å². The first kappa shape index (κ1) is 21.0. The van der Waals surface area contributed by atoms with Crippen molar-refractivity contribution < 1.29 is 9.47 Å². The molecule has 5 rings (SSSR count). The zero-order chi connectivity index (χ0) is 22.1. The number of ether oxygens (including phenoxy) is 2. The molecular weight excluding hydrogens is 440 g/mol. The molecule has 5 nitrogen and oxygen atoms in total. The number of aromatic nitrogens is 2. The highest BCUT2D eigenvalue weighted by Crippen LogP contribution is 2.34. The van der Waals surface area contributed by atoms with Crippen LogP contribution < -0.4 is 15.0 Å². The number of fused-ring (bicyclic) bond motifs is 2. The summed E-state index contributed by atoms with van der Waals surface area (Å²) >= 11 is 3.17. The second kappa shape index (κ2) is 8.92. The second-order valence-electron chi connectivity index (χ2n) is 7.38. The molecule has 0 bridgehead atoms. The highest BCUT2D eigenvalue weighted by molar-refractivity contribution is 7.99. The van der Waals surface area contributed by atoms with Gasteiger partial charge in [-0.1, -0.05) is 54.2 Å². The number of rotatable bonds is 6. The Kier molecular flexibility index (Phi) is 5.85. The molecule has 3 aromatic carbocycles. The zero-order valence-corrected chi connectivity index (χ0v) is 19.5. The van der Waals surface area contributed by atoms with Crippen LogP contribution in [0.1, 0.15) is 11.3 Å². The fraction of sp³-hybridized carbons (Fsp3) is 0.200. The minimum Gasteiger partial charge on any atom is -0.493 e. The predicted octanol–water partition coefficient (Wildman–Crippen LogP) is 5.34. The van der Waals surface area contributed by atoms with Crippen molar-refractivity contribution in [3.8, 4) is 17.2 Å². The molecule has 0 atom stereocenters. The minimum absolute atomic E-state index is 0.0230. The predicted molar refractivity (Wildman–Crippen MR) is 131 cm³/mol. The smallest absolute Gasteiger partial charge is 0.272 e. The number of hydrogen-bond acceptors (Lipinski definition) is 6. The van der Waals surface area contributed by atoms with Crippen molar-refractivity contribution in [2.45, 2.75) is 22.2 Å². The molecule has 0 spiro atoms. The summed E-state index contributed by atoms with van der Waals surface area (Å²) in [5.41, 5.74) is 2.81. The lowest BCUT2D eigenvalue weighted by Gasteiger charge is -2.16. The molecule has 1 aliphatic heterocycles. The van der Waals surface area contributed by atoms with Crippen LogP contribution in [0.5, 0.6) is 11.5 Å². The lowest BCUT2D eigenvalue weighted by Crippen LogP contribution is -2.23.